The van der Waals surface area contributed by atoms with Crippen LogP contribution >= 0.6 is 0 Å². The molecule has 0 radical (unpaired) electrons. The minimum absolute atomic E-state index is 0.0203. The van der Waals surface area contributed by atoms with E-state index >= 15 is 0 Å². The molecule has 0 saturated carbocycles. The standard InChI is InChI=1S/C41H56N6O6/c1-26(2)23-33(44-37(48)32(43)17-11-12-22-42)39(50)47-36(27(3)4)40(51)45-34(24-28-13-7-5-8-14-28)38(49)46-35(41(52)53)25-29-18-20-31(21-19-29)30-15-9-6-10-16-30/h5-10,13-16,18-21,26-27,32-36H,11-12,17,22-25,42-43H2,1-4H3,(H,44,48)(H,45,51)(H,46,49)(H,47,50)(H,52,53)/t32-,33-,34-,35-,36-/m0/s1. The lowest BCUT2D eigenvalue weighted by Crippen LogP contribution is -2.60. The molecule has 0 aliphatic carbocycles. The molecule has 3 rings (SSSR count). The molecule has 3 aromatic rings. The number of carbonyl (C=O) groups excluding carboxylic acids is 4. The molecule has 0 saturated heterocycles. The fourth-order valence-corrected chi connectivity index (χ4v) is 5.90. The van der Waals surface area contributed by atoms with Gasteiger partial charge in [-0.15, -0.1) is 0 Å². The zero-order valence-electron chi connectivity index (χ0n) is 31.2. The Morgan fingerprint density at radius 2 is 1.11 bits per heavy atom. The van der Waals surface area contributed by atoms with Crippen LogP contribution < -0.4 is 32.7 Å². The van der Waals surface area contributed by atoms with Crippen molar-refractivity contribution in [3.8, 4) is 11.1 Å². The highest BCUT2D eigenvalue weighted by atomic mass is 16.4. The molecule has 286 valence electrons. The number of carboxylic acid groups (broad SMARTS) is 1. The quantitative estimate of drug-likeness (QED) is 0.0809. The van der Waals surface area contributed by atoms with Gasteiger partial charge in [-0.25, -0.2) is 4.79 Å². The van der Waals surface area contributed by atoms with Gasteiger partial charge in [0.25, 0.3) is 0 Å². The van der Waals surface area contributed by atoms with Gasteiger partial charge in [0.05, 0.1) is 6.04 Å². The van der Waals surface area contributed by atoms with Crippen LogP contribution in [0.5, 0.6) is 0 Å². The molecule has 0 spiro atoms. The van der Waals surface area contributed by atoms with Crippen LogP contribution in [0.4, 0.5) is 0 Å². The number of aliphatic carboxylic acids is 1. The van der Waals surface area contributed by atoms with E-state index < -0.39 is 65.7 Å². The lowest BCUT2D eigenvalue weighted by molar-refractivity contribution is -0.142. The fourth-order valence-electron chi connectivity index (χ4n) is 5.90. The summed E-state index contributed by atoms with van der Waals surface area (Å²) in [6.45, 7) is 7.82. The van der Waals surface area contributed by atoms with Crippen LogP contribution in [0.25, 0.3) is 11.1 Å². The van der Waals surface area contributed by atoms with Crippen molar-refractivity contribution in [3.63, 3.8) is 0 Å². The van der Waals surface area contributed by atoms with Gasteiger partial charge in [0, 0.05) is 12.8 Å². The number of nitrogens with one attached hydrogen (secondary N) is 4. The minimum atomic E-state index is -1.28. The molecular formula is C41H56N6O6. The predicted octanol–water partition coefficient (Wildman–Crippen LogP) is 3.32. The highest BCUT2D eigenvalue weighted by Crippen LogP contribution is 2.20. The average molecular weight is 729 g/mol. The molecule has 0 bridgehead atoms. The molecule has 12 heteroatoms. The van der Waals surface area contributed by atoms with Crippen molar-refractivity contribution in [1.82, 2.24) is 21.3 Å². The summed E-state index contributed by atoms with van der Waals surface area (Å²) in [5, 5.41) is 21.0. The summed E-state index contributed by atoms with van der Waals surface area (Å²) < 4.78 is 0. The third kappa shape index (κ3) is 14.1. The number of benzene rings is 3. The lowest BCUT2D eigenvalue weighted by atomic mass is 9.98. The van der Waals surface area contributed by atoms with E-state index in [1.807, 2.05) is 74.5 Å². The molecule has 0 aliphatic rings. The van der Waals surface area contributed by atoms with Gasteiger partial charge in [-0.1, -0.05) is 119 Å². The van der Waals surface area contributed by atoms with Crippen LogP contribution in [0.2, 0.25) is 0 Å². The largest absolute Gasteiger partial charge is 0.480 e. The number of amides is 4. The van der Waals surface area contributed by atoms with Crippen molar-refractivity contribution in [2.45, 2.75) is 96.4 Å². The first-order chi connectivity index (χ1) is 25.3. The van der Waals surface area contributed by atoms with Gasteiger partial charge in [0.15, 0.2) is 0 Å². The summed E-state index contributed by atoms with van der Waals surface area (Å²) >= 11 is 0. The maximum atomic E-state index is 13.9. The highest BCUT2D eigenvalue weighted by molar-refractivity contribution is 5.95. The summed E-state index contributed by atoms with van der Waals surface area (Å²) in [5.74, 6) is -3.91. The van der Waals surface area contributed by atoms with E-state index in [0.717, 1.165) is 23.1 Å². The van der Waals surface area contributed by atoms with Crippen molar-refractivity contribution in [1.29, 1.82) is 0 Å². The molecule has 0 unspecified atom stereocenters. The van der Waals surface area contributed by atoms with E-state index in [-0.39, 0.29) is 18.8 Å². The first-order valence-electron chi connectivity index (χ1n) is 18.4. The number of hydrogen-bond acceptors (Lipinski definition) is 7. The summed E-state index contributed by atoms with van der Waals surface area (Å²) in [5.41, 5.74) is 15.1. The third-order valence-corrected chi connectivity index (χ3v) is 8.92. The Bertz CT molecular complexity index is 1620. The van der Waals surface area contributed by atoms with Gasteiger partial charge in [-0.3, -0.25) is 19.2 Å². The van der Waals surface area contributed by atoms with Gasteiger partial charge < -0.3 is 37.8 Å². The Balaban J connectivity index is 1.77. The van der Waals surface area contributed by atoms with Crippen molar-refractivity contribution in [2.24, 2.45) is 23.3 Å². The van der Waals surface area contributed by atoms with E-state index in [4.69, 9.17) is 11.5 Å². The molecule has 5 atom stereocenters. The lowest BCUT2D eigenvalue weighted by Gasteiger charge is -2.28. The summed E-state index contributed by atoms with van der Waals surface area (Å²) in [7, 11) is 0. The first kappa shape index (κ1) is 42.3. The average Bonchev–Trinajstić information content (AvgIpc) is 3.13. The molecular weight excluding hydrogens is 672 g/mol. The Hall–Kier alpha value is -5.07. The molecule has 0 fully saturated rings. The molecule has 9 N–H and O–H groups in total. The van der Waals surface area contributed by atoms with Crippen molar-refractivity contribution >= 4 is 29.6 Å². The second-order valence-corrected chi connectivity index (χ2v) is 14.2. The van der Waals surface area contributed by atoms with E-state index in [0.29, 0.717) is 31.4 Å². The summed E-state index contributed by atoms with van der Waals surface area (Å²) in [6.07, 6.45) is 2.23. The summed E-state index contributed by atoms with van der Waals surface area (Å²) in [4.78, 5) is 66.6. The zero-order chi connectivity index (χ0) is 38.9. The van der Waals surface area contributed by atoms with Crippen LogP contribution in [-0.4, -0.2) is 71.5 Å². The molecule has 0 aliphatic heterocycles. The minimum Gasteiger partial charge on any atom is -0.480 e. The maximum absolute atomic E-state index is 13.9. The van der Waals surface area contributed by atoms with E-state index in [9.17, 15) is 29.1 Å². The second-order valence-electron chi connectivity index (χ2n) is 14.2. The Kier molecular flexibility index (Phi) is 17.1. The number of hydrogen-bond donors (Lipinski definition) is 7. The van der Waals surface area contributed by atoms with Crippen molar-refractivity contribution in [2.75, 3.05) is 6.54 Å². The number of rotatable bonds is 21. The number of carboxylic acids is 1. The van der Waals surface area contributed by atoms with Gasteiger partial charge >= 0.3 is 5.97 Å². The Morgan fingerprint density at radius 3 is 1.68 bits per heavy atom. The van der Waals surface area contributed by atoms with Crippen LogP contribution in [0.15, 0.2) is 84.9 Å². The van der Waals surface area contributed by atoms with Gasteiger partial charge in [-0.05, 0) is 59.9 Å². The molecule has 0 heterocycles. The number of nitrogens with two attached hydrogens (primary N) is 2. The van der Waals surface area contributed by atoms with Gasteiger partial charge in [-0.2, -0.15) is 0 Å². The molecule has 0 aromatic heterocycles. The van der Waals surface area contributed by atoms with Crippen LogP contribution in [0.1, 0.15) is 64.5 Å². The first-order valence-corrected chi connectivity index (χ1v) is 18.4. The maximum Gasteiger partial charge on any atom is 0.326 e. The Morgan fingerprint density at radius 1 is 0.604 bits per heavy atom. The highest BCUT2D eigenvalue weighted by Gasteiger charge is 2.33. The van der Waals surface area contributed by atoms with Crippen molar-refractivity contribution in [3.05, 3.63) is 96.1 Å². The smallest absolute Gasteiger partial charge is 0.326 e. The Labute approximate surface area is 312 Å². The van der Waals surface area contributed by atoms with Crippen LogP contribution in [0, 0.1) is 11.8 Å². The van der Waals surface area contributed by atoms with Gasteiger partial charge in [0.2, 0.25) is 23.6 Å². The molecule has 53 heavy (non-hydrogen) atoms. The third-order valence-electron chi connectivity index (χ3n) is 8.92. The monoisotopic (exact) mass is 728 g/mol. The predicted molar refractivity (Wildman–Crippen MR) is 206 cm³/mol. The normalized spacial score (nSPS) is 14.0. The molecule has 12 nitrogen and oxygen atoms in total. The van der Waals surface area contributed by atoms with E-state index in [1.54, 1.807) is 38.1 Å². The topological polar surface area (TPSA) is 206 Å². The number of carbonyl (C=O) groups is 5. The number of unbranched alkanes of at least 4 members (excludes halogenated alkanes) is 1. The second kappa shape index (κ2) is 21.5. The molecule has 3 aromatic carbocycles. The van der Waals surface area contributed by atoms with E-state index in [1.165, 1.54) is 0 Å². The van der Waals surface area contributed by atoms with E-state index in [2.05, 4.69) is 21.3 Å². The van der Waals surface area contributed by atoms with Crippen LogP contribution in [0.3, 0.4) is 0 Å². The zero-order valence-corrected chi connectivity index (χ0v) is 31.2. The SMILES string of the molecule is CC(C)C[C@H](NC(=O)[C@@H](N)CCCCN)C(=O)N[C@H](C(=O)N[C@@H](Cc1ccccc1)C(=O)N[C@@H](Cc1ccc(-c2ccccc2)cc1)C(=O)O)C(C)C. The van der Waals surface area contributed by atoms with Crippen molar-refractivity contribution < 1.29 is 29.1 Å². The van der Waals surface area contributed by atoms with Gasteiger partial charge in [0.1, 0.15) is 24.2 Å². The fraction of sp³-hybridized carbons (Fsp3) is 0.439. The summed E-state index contributed by atoms with van der Waals surface area (Å²) in [6, 6.07) is 21.0. The van der Waals surface area contributed by atoms with Crippen LogP contribution in [-0.2, 0) is 36.8 Å². The molecule has 4 amide bonds.